The number of sulfonamides is 1. The van der Waals surface area contributed by atoms with Crippen molar-refractivity contribution in [3.05, 3.63) is 90.1 Å². The first-order valence-corrected chi connectivity index (χ1v) is 14.7. The molecule has 8 nitrogen and oxygen atoms in total. The van der Waals surface area contributed by atoms with E-state index in [0.717, 1.165) is 40.4 Å². The largest absolute Gasteiger partial charge is 0.361 e. The zero-order valence-electron chi connectivity index (χ0n) is 21.5. The van der Waals surface area contributed by atoms with Gasteiger partial charge in [-0.15, -0.1) is 0 Å². The highest BCUT2D eigenvalue weighted by molar-refractivity contribution is 7.89. The van der Waals surface area contributed by atoms with Gasteiger partial charge in [-0.3, -0.25) is 9.59 Å². The normalized spacial score (nSPS) is 17.3. The molecule has 202 valence electrons. The molecule has 5 rings (SSSR count). The van der Waals surface area contributed by atoms with E-state index in [1.807, 2.05) is 48.7 Å². The van der Waals surface area contributed by atoms with Crippen LogP contribution in [-0.2, 0) is 32.6 Å². The van der Waals surface area contributed by atoms with Crippen molar-refractivity contribution in [2.45, 2.75) is 37.1 Å². The van der Waals surface area contributed by atoms with Crippen LogP contribution in [0.3, 0.4) is 0 Å². The highest BCUT2D eigenvalue weighted by atomic mass is 32.2. The number of amides is 2. The molecule has 0 saturated heterocycles. The predicted molar refractivity (Wildman–Crippen MR) is 151 cm³/mol. The maximum atomic E-state index is 13.0. The molecule has 0 radical (unpaired) electrons. The summed E-state index contributed by atoms with van der Waals surface area (Å²) >= 11 is 0. The van der Waals surface area contributed by atoms with Gasteiger partial charge in [0.15, 0.2) is 0 Å². The van der Waals surface area contributed by atoms with Crippen LogP contribution in [0, 0.1) is 11.8 Å². The molecule has 9 heteroatoms. The summed E-state index contributed by atoms with van der Waals surface area (Å²) < 4.78 is 23.9. The van der Waals surface area contributed by atoms with Gasteiger partial charge in [0.2, 0.25) is 21.8 Å². The third kappa shape index (κ3) is 6.05. The number of fused-ring (bicyclic) bond motifs is 1. The highest BCUT2D eigenvalue weighted by Gasteiger charge is 2.37. The maximum Gasteiger partial charge on any atom is 0.238 e. The fourth-order valence-electron chi connectivity index (χ4n) is 5.45. The van der Waals surface area contributed by atoms with Crippen molar-refractivity contribution >= 4 is 32.7 Å². The number of hydrogen-bond donors (Lipinski definition) is 4. The van der Waals surface area contributed by atoms with E-state index in [9.17, 15) is 18.0 Å². The second-order valence-corrected chi connectivity index (χ2v) is 11.5. The lowest BCUT2D eigenvalue weighted by Gasteiger charge is -2.19. The number of nitrogens with two attached hydrogens (primary N) is 1. The zero-order valence-corrected chi connectivity index (χ0v) is 22.3. The van der Waals surface area contributed by atoms with Crippen LogP contribution in [0.25, 0.3) is 22.0 Å². The monoisotopic (exact) mass is 544 g/mol. The van der Waals surface area contributed by atoms with E-state index in [0.29, 0.717) is 31.5 Å². The van der Waals surface area contributed by atoms with Crippen LogP contribution in [0.2, 0.25) is 0 Å². The first-order chi connectivity index (χ1) is 18.8. The molecular formula is C30H32N4O4S. The Morgan fingerprint density at radius 1 is 0.872 bits per heavy atom. The van der Waals surface area contributed by atoms with Crippen LogP contribution >= 0.6 is 0 Å². The van der Waals surface area contributed by atoms with Gasteiger partial charge in [0.25, 0.3) is 0 Å². The first-order valence-electron chi connectivity index (χ1n) is 13.1. The van der Waals surface area contributed by atoms with Crippen LogP contribution in [0.5, 0.6) is 0 Å². The summed E-state index contributed by atoms with van der Waals surface area (Å²) in [4.78, 5) is 29.3. The van der Waals surface area contributed by atoms with Crippen molar-refractivity contribution in [2.24, 2.45) is 17.0 Å². The number of para-hydroxylation sites is 1. The topological polar surface area (TPSA) is 134 Å². The minimum absolute atomic E-state index is 0.0645. The Morgan fingerprint density at radius 3 is 2.28 bits per heavy atom. The van der Waals surface area contributed by atoms with E-state index in [1.165, 1.54) is 6.07 Å². The third-order valence-electron chi connectivity index (χ3n) is 7.48. The van der Waals surface area contributed by atoms with Crippen LogP contribution < -0.4 is 15.8 Å². The number of carbonyl (C=O) groups excluding carboxylic acids is 2. The van der Waals surface area contributed by atoms with Crippen molar-refractivity contribution in [1.82, 2.24) is 15.6 Å². The number of nitrogens with one attached hydrogen (secondary N) is 3. The molecule has 1 fully saturated rings. The van der Waals surface area contributed by atoms with Crippen LogP contribution in [0.4, 0.5) is 0 Å². The van der Waals surface area contributed by atoms with Gasteiger partial charge >= 0.3 is 0 Å². The first kappa shape index (κ1) is 26.6. The number of hydrogen-bond acceptors (Lipinski definition) is 4. The van der Waals surface area contributed by atoms with Crippen LogP contribution in [0.15, 0.2) is 83.9 Å². The van der Waals surface area contributed by atoms with Gasteiger partial charge in [-0.05, 0) is 48.1 Å². The summed E-state index contributed by atoms with van der Waals surface area (Å²) in [5, 5.41) is 12.5. The van der Waals surface area contributed by atoms with Crippen LogP contribution in [-0.4, -0.2) is 31.8 Å². The van der Waals surface area contributed by atoms with Gasteiger partial charge in [0.05, 0.1) is 4.90 Å². The molecule has 1 aliphatic rings. The van der Waals surface area contributed by atoms with Gasteiger partial charge < -0.3 is 15.6 Å². The predicted octanol–water partition coefficient (Wildman–Crippen LogP) is 3.87. The molecule has 39 heavy (non-hydrogen) atoms. The molecule has 1 aliphatic carbocycles. The Labute approximate surface area is 228 Å². The molecular weight excluding hydrogens is 512 g/mol. The summed E-state index contributed by atoms with van der Waals surface area (Å²) in [7, 11) is -3.85. The molecule has 1 aromatic heterocycles. The Bertz CT molecular complexity index is 1590. The van der Waals surface area contributed by atoms with Gasteiger partial charge in [-0.2, -0.15) is 0 Å². The van der Waals surface area contributed by atoms with Gasteiger partial charge in [0.1, 0.15) is 0 Å². The Morgan fingerprint density at radius 2 is 1.54 bits per heavy atom. The molecule has 2 amide bonds. The van der Waals surface area contributed by atoms with Crippen LogP contribution in [0.1, 0.15) is 30.4 Å². The fraction of sp³-hybridized carbons (Fsp3) is 0.267. The Balaban J connectivity index is 1.15. The lowest BCUT2D eigenvalue weighted by Crippen LogP contribution is -2.40. The molecule has 3 aromatic carbocycles. The quantitative estimate of drug-likeness (QED) is 0.254. The molecule has 1 unspecified atom stereocenters. The van der Waals surface area contributed by atoms with Crippen molar-refractivity contribution in [3.8, 4) is 11.1 Å². The lowest BCUT2D eigenvalue weighted by atomic mass is 9.94. The summed E-state index contributed by atoms with van der Waals surface area (Å²) in [6, 6.07) is 22.0. The average molecular weight is 545 g/mol. The molecule has 0 aliphatic heterocycles. The number of aromatic amines is 1. The number of aromatic nitrogens is 1. The molecule has 1 heterocycles. The van der Waals surface area contributed by atoms with Crippen molar-refractivity contribution in [3.63, 3.8) is 0 Å². The summed E-state index contributed by atoms with van der Waals surface area (Å²) in [6.45, 7) is 0.841. The number of primary sulfonamides is 1. The second-order valence-electron chi connectivity index (χ2n) is 10.0. The lowest BCUT2D eigenvalue weighted by molar-refractivity contribution is -0.133. The highest BCUT2D eigenvalue weighted by Crippen LogP contribution is 2.32. The number of rotatable bonds is 9. The molecule has 5 N–H and O–H groups in total. The van der Waals surface area contributed by atoms with Crippen molar-refractivity contribution in [2.75, 3.05) is 6.54 Å². The minimum Gasteiger partial charge on any atom is -0.361 e. The number of carbonyl (C=O) groups is 2. The SMILES string of the molecule is NS(=O)(=O)c1ccccc1-c1ccc(CNC(=O)C2CCC[C@H]2C(=O)NCCc2c[nH]c3ccccc23)cc1. The summed E-state index contributed by atoms with van der Waals surface area (Å²) in [6.07, 6.45) is 4.94. The van der Waals surface area contributed by atoms with Crippen molar-refractivity contribution < 1.29 is 18.0 Å². The Hall–Kier alpha value is -3.95. The van der Waals surface area contributed by atoms with E-state index in [4.69, 9.17) is 5.14 Å². The maximum absolute atomic E-state index is 13.0. The molecule has 2 atom stereocenters. The second kappa shape index (κ2) is 11.4. The fourth-order valence-corrected chi connectivity index (χ4v) is 6.21. The summed E-state index contributed by atoms with van der Waals surface area (Å²) in [5.41, 5.74) is 4.35. The number of benzene rings is 3. The average Bonchev–Trinajstić information content (AvgIpc) is 3.60. The van der Waals surface area contributed by atoms with E-state index >= 15 is 0 Å². The number of H-pyrrole nitrogens is 1. The van der Waals surface area contributed by atoms with Gasteiger partial charge in [-0.25, -0.2) is 13.6 Å². The molecule has 0 bridgehead atoms. The van der Waals surface area contributed by atoms with Crippen molar-refractivity contribution in [1.29, 1.82) is 0 Å². The smallest absolute Gasteiger partial charge is 0.238 e. The van der Waals surface area contributed by atoms with Gasteiger partial charge in [-0.1, -0.05) is 67.1 Å². The third-order valence-corrected chi connectivity index (χ3v) is 8.45. The standard InChI is InChI=1S/C30H32N4O4S/c31-39(37,38)28-11-4-2-7-24(28)21-14-12-20(13-15-21)18-34-30(36)26-9-5-8-25(26)29(35)32-17-16-22-19-33-27-10-3-1-6-23(22)27/h1-4,6-7,10-15,19,25-26,33H,5,8-9,16-18H2,(H,32,35)(H,34,36)(H2,31,37,38)/t25-,26?/m1/s1. The van der Waals surface area contributed by atoms with Gasteiger partial charge in [0, 0.05) is 47.6 Å². The molecule has 0 spiro atoms. The van der Waals surface area contributed by atoms with E-state index in [1.54, 1.807) is 18.2 Å². The minimum atomic E-state index is -3.85. The van der Waals surface area contributed by atoms with E-state index < -0.39 is 10.0 Å². The van der Waals surface area contributed by atoms with E-state index in [2.05, 4.69) is 21.7 Å². The van der Waals surface area contributed by atoms with E-state index in [-0.39, 0.29) is 28.5 Å². The molecule has 4 aromatic rings. The zero-order chi connectivity index (χ0) is 27.4. The molecule has 1 saturated carbocycles. The Kier molecular flexibility index (Phi) is 7.81. The summed E-state index contributed by atoms with van der Waals surface area (Å²) in [5.74, 6) is -0.859.